The molecule has 0 saturated carbocycles. The van der Waals surface area contributed by atoms with Crippen molar-refractivity contribution in [3.8, 4) is 11.5 Å². The van der Waals surface area contributed by atoms with Crippen molar-refractivity contribution in [2.24, 2.45) is 5.10 Å². The summed E-state index contributed by atoms with van der Waals surface area (Å²) in [6.07, 6.45) is 1.48. The maximum atomic E-state index is 11.7. The van der Waals surface area contributed by atoms with Gasteiger partial charge in [-0.05, 0) is 18.2 Å². The minimum Gasteiger partial charge on any atom is -0.493 e. The molecule has 0 radical (unpaired) electrons. The van der Waals surface area contributed by atoms with Crippen LogP contribution in [0.4, 0.5) is 0 Å². The Labute approximate surface area is 133 Å². The Kier molecular flexibility index (Phi) is 5.80. The van der Waals surface area contributed by atoms with Crippen molar-refractivity contribution in [2.75, 3.05) is 13.7 Å². The highest BCUT2D eigenvalue weighted by Crippen LogP contribution is 2.25. The van der Waals surface area contributed by atoms with Crippen LogP contribution in [0.25, 0.3) is 0 Å². The molecule has 2 aromatic rings. The standard InChI is InChI=1S/C16H15ClN2O3/c1-21-14-8-4-5-9-15(14)22-11-16(20)19-18-10-12-6-2-3-7-13(12)17/h2-10H,11H2,1H3,(H,19,20). The molecule has 114 valence electrons. The van der Waals surface area contributed by atoms with E-state index in [0.717, 1.165) is 5.56 Å². The number of hydrogen-bond donors (Lipinski definition) is 1. The first-order valence-corrected chi connectivity index (χ1v) is 6.90. The van der Waals surface area contributed by atoms with E-state index in [9.17, 15) is 4.79 Å². The fourth-order valence-electron chi connectivity index (χ4n) is 1.67. The minimum absolute atomic E-state index is 0.166. The Morgan fingerprint density at radius 3 is 2.59 bits per heavy atom. The van der Waals surface area contributed by atoms with E-state index in [0.29, 0.717) is 16.5 Å². The van der Waals surface area contributed by atoms with Crippen LogP contribution in [0.5, 0.6) is 11.5 Å². The van der Waals surface area contributed by atoms with Crippen molar-refractivity contribution in [3.63, 3.8) is 0 Å². The molecule has 0 aliphatic rings. The molecule has 1 N–H and O–H groups in total. The highest BCUT2D eigenvalue weighted by molar-refractivity contribution is 6.33. The maximum absolute atomic E-state index is 11.7. The summed E-state index contributed by atoms with van der Waals surface area (Å²) in [7, 11) is 1.54. The molecule has 5 nitrogen and oxygen atoms in total. The van der Waals surface area contributed by atoms with Crippen LogP contribution < -0.4 is 14.9 Å². The smallest absolute Gasteiger partial charge is 0.277 e. The van der Waals surface area contributed by atoms with Gasteiger partial charge in [-0.1, -0.05) is 41.9 Å². The average molecular weight is 319 g/mol. The molecule has 0 bridgehead atoms. The molecular formula is C16H15ClN2O3. The summed E-state index contributed by atoms with van der Waals surface area (Å²) < 4.78 is 10.5. The molecule has 0 aromatic heterocycles. The fourth-order valence-corrected chi connectivity index (χ4v) is 1.85. The number of hydrogen-bond acceptors (Lipinski definition) is 4. The molecule has 2 aromatic carbocycles. The van der Waals surface area contributed by atoms with Crippen molar-refractivity contribution >= 4 is 23.7 Å². The van der Waals surface area contributed by atoms with Crippen LogP contribution >= 0.6 is 11.6 Å². The number of para-hydroxylation sites is 2. The van der Waals surface area contributed by atoms with Gasteiger partial charge in [0, 0.05) is 10.6 Å². The molecule has 2 rings (SSSR count). The zero-order chi connectivity index (χ0) is 15.8. The van der Waals surface area contributed by atoms with Crippen LogP contribution in [-0.4, -0.2) is 25.8 Å². The minimum atomic E-state index is -0.380. The van der Waals surface area contributed by atoms with Crippen LogP contribution in [0.3, 0.4) is 0 Å². The van der Waals surface area contributed by atoms with E-state index in [4.69, 9.17) is 21.1 Å². The van der Waals surface area contributed by atoms with E-state index in [1.165, 1.54) is 13.3 Å². The van der Waals surface area contributed by atoms with Gasteiger partial charge in [-0.15, -0.1) is 0 Å². The molecule has 22 heavy (non-hydrogen) atoms. The molecule has 0 unspecified atom stereocenters. The number of halogens is 1. The lowest BCUT2D eigenvalue weighted by Gasteiger charge is -2.09. The van der Waals surface area contributed by atoms with Gasteiger partial charge in [-0.2, -0.15) is 5.10 Å². The van der Waals surface area contributed by atoms with Crippen LogP contribution in [-0.2, 0) is 4.79 Å². The van der Waals surface area contributed by atoms with Crippen LogP contribution in [0.1, 0.15) is 5.56 Å². The van der Waals surface area contributed by atoms with Crippen molar-refractivity contribution in [1.82, 2.24) is 5.43 Å². The second-order valence-corrected chi connectivity index (χ2v) is 4.66. The highest BCUT2D eigenvalue weighted by Gasteiger charge is 2.05. The number of methoxy groups -OCH3 is 1. The quantitative estimate of drug-likeness (QED) is 0.658. The first kappa shape index (κ1) is 15.9. The normalized spacial score (nSPS) is 10.5. The van der Waals surface area contributed by atoms with E-state index >= 15 is 0 Å². The third-order valence-electron chi connectivity index (χ3n) is 2.73. The SMILES string of the molecule is COc1ccccc1OCC(=O)NN=Cc1ccccc1Cl. The number of carbonyl (C=O) groups is 1. The topological polar surface area (TPSA) is 59.9 Å². The predicted octanol–water partition coefficient (Wildman–Crippen LogP) is 2.88. The molecule has 0 fully saturated rings. The maximum Gasteiger partial charge on any atom is 0.277 e. The zero-order valence-corrected chi connectivity index (χ0v) is 12.7. The first-order chi connectivity index (χ1) is 10.7. The number of benzene rings is 2. The summed E-state index contributed by atoms with van der Waals surface area (Å²) in [6.45, 7) is -0.166. The summed E-state index contributed by atoms with van der Waals surface area (Å²) in [5.74, 6) is 0.680. The number of carbonyl (C=O) groups excluding carboxylic acids is 1. The second-order valence-electron chi connectivity index (χ2n) is 4.25. The fraction of sp³-hybridized carbons (Fsp3) is 0.125. The molecular weight excluding hydrogens is 304 g/mol. The second kappa shape index (κ2) is 8.05. The molecule has 0 saturated heterocycles. The summed E-state index contributed by atoms with van der Waals surface area (Å²) in [5.41, 5.74) is 3.09. The van der Waals surface area contributed by atoms with Gasteiger partial charge in [0.05, 0.1) is 13.3 Å². The largest absolute Gasteiger partial charge is 0.493 e. The lowest BCUT2D eigenvalue weighted by Crippen LogP contribution is -2.24. The van der Waals surface area contributed by atoms with E-state index in [1.54, 1.807) is 30.3 Å². The molecule has 0 atom stereocenters. The summed E-state index contributed by atoms with van der Waals surface area (Å²) in [4.78, 5) is 11.7. The number of ether oxygens (including phenoxy) is 2. The van der Waals surface area contributed by atoms with E-state index in [2.05, 4.69) is 10.5 Å². The Morgan fingerprint density at radius 2 is 1.86 bits per heavy atom. The third kappa shape index (κ3) is 4.49. The van der Waals surface area contributed by atoms with Crippen LogP contribution in [0.15, 0.2) is 53.6 Å². The van der Waals surface area contributed by atoms with Gasteiger partial charge >= 0.3 is 0 Å². The number of nitrogens with zero attached hydrogens (tertiary/aromatic N) is 1. The zero-order valence-electron chi connectivity index (χ0n) is 12.0. The van der Waals surface area contributed by atoms with Gasteiger partial charge in [0.15, 0.2) is 18.1 Å². The molecule has 6 heteroatoms. The number of rotatable bonds is 6. The summed E-state index contributed by atoms with van der Waals surface area (Å²) in [5, 5.41) is 4.40. The van der Waals surface area contributed by atoms with Gasteiger partial charge < -0.3 is 9.47 Å². The van der Waals surface area contributed by atoms with Crippen molar-refractivity contribution < 1.29 is 14.3 Å². The third-order valence-corrected chi connectivity index (χ3v) is 3.07. The Morgan fingerprint density at radius 1 is 1.18 bits per heavy atom. The Hall–Kier alpha value is -2.53. The lowest BCUT2D eigenvalue weighted by atomic mass is 10.2. The molecule has 0 aliphatic carbocycles. The molecule has 0 heterocycles. The van der Waals surface area contributed by atoms with E-state index in [1.807, 2.05) is 18.2 Å². The summed E-state index contributed by atoms with van der Waals surface area (Å²) in [6, 6.07) is 14.3. The molecule has 0 aliphatic heterocycles. The number of amides is 1. The summed E-state index contributed by atoms with van der Waals surface area (Å²) >= 11 is 5.97. The number of nitrogens with one attached hydrogen (secondary N) is 1. The van der Waals surface area contributed by atoms with Gasteiger partial charge in [0.25, 0.3) is 5.91 Å². The van der Waals surface area contributed by atoms with Crippen LogP contribution in [0.2, 0.25) is 5.02 Å². The van der Waals surface area contributed by atoms with Crippen LogP contribution in [0, 0.1) is 0 Å². The van der Waals surface area contributed by atoms with Gasteiger partial charge in [0.2, 0.25) is 0 Å². The lowest BCUT2D eigenvalue weighted by molar-refractivity contribution is -0.123. The predicted molar refractivity (Wildman–Crippen MR) is 85.7 cm³/mol. The van der Waals surface area contributed by atoms with Crippen molar-refractivity contribution in [2.45, 2.75) is 0 Å². The number of hydrazone groups is 1. The van der Waals surface area contributed by atoms with Gasteiger partial charge in [0.1, 0.15) is 0 Å². The van der Waals surface area contributed by atoms with Gasteiger partial charge in [-0.25, -0.2) is 5.43 Å². The van der Waals surface area contributed by atoms with Crippen molar-refractivity contribution in [1.29, 1.82) is 0 Å². The highest BCUT2D eigenvalue weighted by atomic mass is 35.5. The average Bonchev–Trinajstić information content (AvgIpc) is 2.55. The first-order valence-electron chi connectivity index (χ1n) is 6.53. The van der Waals surface area contributed by atoms with Gasteiger partial charge in [-0.3, -0.25) is 4.79 Å². The van der Waals surface area contributed by atoms with E-state index in [-0.39, 0.29) is 12.5 Å². The molecule has 1 amide bonds. The monoisotopic (exact) mass is 318 g/mol. The Bertz CT molecular complexity index is 674. The van der Waals surface area contributed by atoms with E-state index < -0.39 is 0 Å². The Balaban J connectivity index is 1.85. The molecule has 0 spiro atoms. The van der Waals surface area contributed by atoms with Crippen molar-refractivity contribution in [3.05, 3.63) is 59.1 Å².